The Bertz CT molecular complexity index is 1220. The summed E-state index contributed by atoms with van der Waals surface area (Å²) in [5, 5.41) is 2.26. The summed E-state index contributed by atoms with van der Waals surface area (Å²) >= 11 is 0. The Morgan fingerprint density at radius 1 is 0.867 bits per heavy atom. The summed E-state index contributed by atoms with van der Waals surface area (Å²) in [6.07, 6.45) is -0.609. The maximum absolute atomic E-state index is 13.5. The highest BCUT2D eigenvalue weighted by Crippen LogP contribution is 2.47. The zero-order valence-corrected chi connectivity index (χ0v) is 17.0. The lowest BCUT2D eigenvalue weighted by atomic mass is 9.83. The number of carbonyl (C=O) groups is 1. The van der Waals surface area contributed by atoms with Gasteiger partial charge in [0.2, 0.25) is 5.78 Å². The molecule has 0 bridgehead atoms. The van der Waals surface area contributed by atoms with Gasteiger partial charge in [0.1, 0.15) is 11.5 Å². The van der Waals surface area contributed by atoms with E-state index in [-0.39, 0.29) is 11.7 Å². The molecule has 0 unspecified atom stereocenters. The van der Waals surface area contributed by atoms with Crippen LogP contribution in [0.3, 0.4) is 0 Å². The van der Waals surface area contributed by atoms with Crippen molar-refractivity contribution in [1.82, 2.24) is 0 Å². The van der Waals surface area contributed by atoms with E-state index in [1.54, 1.807) is 7.11 Å². The first kappa shape index (κ1) is 18.4. The maximum atomic E-state index is 13.5. The van der Waals surface area contributed by atoms with Crippen LogP contribution in [-0.4, -0.2) is 19.0 Å². The first-order chi connectivity index (χ1) is 14.7. The third kappa shape index (κ3) is 3.03. The van der Waals surface area contributed by atoms with Gasteiger partial charge in [0.05, 0.1) is 13.0 Å². The molecule has 0 amide bonds. The highest BCUT2D eigenvalue weighted by molar-refractivity contribution is 6.02. The van der Waals surface area contributed by atoms with Crippen LogP contribution in [0, 0.1) is 6.92 Å². The molecule has 148 valence electrons. The highest BCUT2D eigenvalue weighted by Gasteiger charge is 2.41. The van der Waals surface area contributed by atoms with Gasteiger partial charge in [0, 0.05) is 11.1 Å². The summed E-state index contributed by atoms with van der Waals surface area (Å²) in [7, 11) is 1.65. The fourth-order valence-corrected chi connectivity index (χ4v) is 4.30. The number of ketones is 1. The lowest BCUT2D eigenvalue weighted by Gasteiger charge is -2.20. The Hall–Kier alpha value is -3.59. The number of hydrogen-bond donors (Lipinski definition) is 0. The molecule has 0 fully saturated rings. The third-order valence-electron chi connectivity index (χ3n) is 5.87. The molecule has 3 nitrogen and oxygen atoms in total. The number of ether oxygens (including phenoxy) is 2. The Morgan fingerprint density at radius 2 is 1.60 bits per heavy atom. The van der Waals surface area contributed by atoms with Gasteiger partial charge < -0.3 is 9.47 Å². The fourth-order valence-electron chi connectivity index (χ4n) is 4.30. The van der Waals surface area contributed by atoms with E-state index in [2.05, 4.69) is 18.2 Å². The van der Waals surface area contributed by atoms with Crippen LogP contribution in [0.1, 0.15) is 33.0 Å². The van der Waals surface area contributed by atoms with Crippen molar-refractivity contribution in [3.63, 3.8) is 0 Å². The smallest absolute Gasteiger partial charge is 0.204 e. The Kier molecular flexibility index (Phi) is 4.51. The van der Waals surface area contributed by atoms with Crippen molar-refractivity contribution in [2.45, 2.75) is 18.9 Å². The zero-order chi connectivity index (χ0) is 20.7. The van der Waals surface area contributed by atoms with Crippen molar-refractivity contribution < 1.29 is 14.3 Å². The number of aryl methyl sites for hydroxylation is 1. The van der Waals surface area contributed by atoms with Gasteiger partial charge in [-0.2, -0.15) is 0 Å². The van der Waals surface area contributed by atoms with Crippen molar-refractivity contribution >= 4 is 16.6 Å². The summed E-state index contributed by atoms with van der Waals surface area (Å²) < 4.78 is 11.6. The van der Waals surface area contributed by atoms with Crippen LogP contribution in [0.2, 0.25) is 0 Å². The van der Waals surface area contributed by atoms with Crippen LogP contribution in [-0.2, 0) is 0 Å². The predicted molar refractivity (Wildman–Crippen MR) is 119 cm³/mol. The van der Waals surface area contributed by atoms with Gasteiger partial charge in [0.25, 0.3) is 0 Å². The molecule has 0 N–H and O–H groups in total. The zero-order valence-electron chi connectivity index (χ0n) is 17.0. The molecular weight excluding hydrogens is 372 g/mol. The predicted octanol–water partition coefficient (Wildman–Crippen LogP) is 5.93. The molecule has 0 spiro atoms. The van der Waals surface area contributed by atoms with E-state index in [9.17, 15) is 4.79 Å². The molecule has 0 radical (unpaired) electrons. The van der Waals surface area contributed by atoms with Gasteiger partial charge in [-0.3, -0.25) is 4.79 Å². The van der Waals surface area contributed by atoms with E-state index >= 15 is 0 Å². The van der Waals surface area contributed by atoms with Crippen LogP contribution in [0.25, 0.3) is 10.8 Å². The van der Waals surface area contributed by atoms with E-state index in [0.29, 0.717) is 5.56 Å². The van der Waals surface area contributed by atoms with E-state index in [1.807, 2.05) is 73.7 Å². The molecule has 30 heavy (non-hydrogen) atoms. The lowest BCUT2D eigenvalue weighted by molar-refractivity contribution is 0.0807. The van der Waals surface area contributed by atoms with E-state index in [4.69, 9.17) is 9.47 Å². The van der Waals surface area contributed by atoms with Crippen molar-refractivity contribution in [2.24, 2.45) is 0 Å². The van der Waals surface area contributed by atoms with Gasteiger partial charge in [-0.15, -0.1) is 0 Å². The largest absolute Gasteiger partial charge is 0.497 e. The van der Waals surface area contributed by atoms with E-state index in [1.165, 1.54) is 0 Å². The summed E-state index contributed by atoms with van der Waals surface area (Å²) in [6.45, 7) is 2.02. The number of hydrogen-bond acceptors (Lipinski definition) is 3. The van der Waals surface area contributed by atoms with E-state index < -0.39 is 6.10 Å². The summed E-state index contributed by atoms with van der Waals surface area (Å²) in [5.74, 6) is 1.37. The second kappa shape index (κ2) is 7.34. The number of carbonyl (C=O) groups excluding carboxylic acids is 1. The maximum Gasteiger partial charge on any atom is 0.204 e. The Morgan fingerprint density at radius 3 is 2.33 bits per heavy atom. The molecule has 4 aromatic rings. The van der Waals surface area contributed by atoms with Crippen LogP contribution >= 0.6 is 0 Å². The summed E-state index contributed by atoms with van der Waals surface area (Å²) in [4.78, 5) is 13.5. The van der Waals surface area contributed by atoms with Crippen molar-refractivity contribution in [3.05, 3.63) is 107 Å². The first-order valence-corrected chi connectivity index (χ1v) is 10.1. The highest BCUT2D eigenvalue weighted by atomic mass is 16.5. The quantitative estimate of drug-likeness (QED) is 0.402. The average Bonchev–Trinajstić information content (AvgIpc) is 3.19. The van der Waals surface area contributed by atoms with Gasteiger partial charge in [-0.05, 0) is 41.5 Å². The van der Waals surface area contributed by atoms with Gasteiger partial charge in [0.15, 0.2) is 6.10 Å². The van der Waals surface area contributed by atoms with Crippen LogP contribution < -0.4 is 9.47 Å². The molecule has 1 aliphatic heterocycles. The van der Waals surface area contributed by atoms with E-state index in [0.717, 1.165) is 39.0 Å². The first-order valence-electron chi connectivity index (χ1n) is 10.1. The van der Waals surface area contributed by atoms with Crippen LogP contribution in [0.15, 0.2) is 84.9 Å². The number of benzene rings is 4. The van der Waals surface area contributed by atoms with Crippen LogP contribution in [0.4, 0.5) is 0 Å². The molecule has 0 saturated heterocycles. The second-order valence-corrected chi connectivity index (χ2v) is 7.72. The number of fused-ring (bicyclic) bond motifs is 3. The number of Topliss-reactive ketones (excluding diaryl/α,β-unsaturated/α-hetero) is 1. The molecule has 3 heteroatoms. The molecule has 0 aliphatic carbocycles. The molecule has 2 atom stereocenters. The third-order valence-corrected chi connectivity index (χ3v) is 5.87. The van der Waals surface area contributed by atoms with Crippen molar-refractivity contribution in [1.29, 1.82) is 0 Å². The Labute approximate surface area is 175 Å². The number of methoxy groups -OCH3 is 1. The lowest BCUT2D eigenvalue weighted by Crippen LogP contribution is -2.30. The summed E-state index contributed by atoms with van der Waals surface area (Å²) in [6, 6.07) is 27.9. The van der Waals surface area contributed by atoms with Crippen molar-refractivity contribution in [2.75, 3.05) is 7.11 Å². The van der Waals surface area contributed by atoms with Crippen LogP contribution in [0.5, 0.6) is 11.5 Å². The minimum absolute atomic E-state index is 0.00361. The topological polar surface area (TPSA) is 35.5 Å². The average molecular weight is 394 g/mol. The minimum atomic E-state index is -0.609. The molecule has 4 aromatic carbocycles. The molecule has 0 saturated carbocycles. The van der Waals surface area contributed by atoms with Gasteiger partial charge in [-0.25, -0.2) is 0 Å². The van der Waals surface area contributed by atoms with Gasteiger partial charge >= 0.3 is 0 Å². The Balaban J connectivity index is 1.67. The summed E-state index contributed by atoms with van der Waals surface area (Å²) in [5.41, 5.74) is 3.90. The van der Waals surface area contributed by atoms with Gasteiger partial charge in [-0.1, -0.05) is 72.3 Å². The normalized spacial score (nSPS) is 17.4. The minimum Gasteiger partial charge on any atom is -0.497 e. The molecule has 1 aliphatic rings. The molecule has 5 rings (SSSR count). The standard InChI is InChI=1S/C27H22O3/c1-17-7-9-20(10-8-17)26(28)27-24(19-11-14-21(29-2)15-12-19)25-22-6-4-3-5-18(22)13-16-23(25)30-27/h3-16,24,27H,1-2H3/t24-,27+/m0/s1. The fraction of sp³-hybridized carbons (Fsp3) is 0.148. The molecular formula is C27H22O3. The van der Waals surface area contributed by atoms with Crippen molar-refractivity contribution in [3.8, 4) is 11.5 Å². The number of rotatable bonds is 4. The SMILES string of the molecule is COc1ccc([C@H]2c3c(ccc4ccccc34)O[C@H]2C(=O)c2ccc(C)cc2)cc1. The molecule has 1 heterocycles. The molecule has 0 aromatic heterocycles. The second-order valence-electron chi connectivity index (χ2n) is 7.72. The monoisotopic (exact) mass is 394 g/mol.